The molecule has 0 aromatic heterocycles. The summed E-state index contributed by atoms with van der Waals surface area (Å²) < 4.78 is 43.9. The molecule has 0 radical (unpaired) electrons. The Morgan fingerprint density at radius 2 is 1.73 bits per heavy atom. The summed E-state index contributed by atoms with van der Waals surface area (Å²) in [6.45, 7) is 2.72. The third-order valence-corrected chi connectivity index (χ3v) is 7.11. The average Bonchev–Trinajstić information content (AvgIpc) is 3.01. The van der Waals surface area contributed by atoms with Crippen molar-refractivity contribution in [2.45, 2.75) is 11.4 Å². The van der Waals surface area contributed by atoms with E-state index in [1.807, 2.05) is 0 Å². The van der Waals surface area contributed by atoms with Crippen molar-refractivity contribution in [2.75, 3.05) is 46.6 Å². The maximum Gasteiger partial charge on any atom is 0.254 e. The van der Waals surface area contributed by atoms with Gasteiger partial charge in [-0.05, 0) is 42.5 Å². The smallest absolute Gasteiger partial charge is 0.254 e. The molecule has 0 bridgehead atoms. The number of carbonyl (C=O) groups is 1. The lowest BCUT2D eigenvalue weighted by Crippen LogP contribution is -2.40. The average molecular weight is 432 g/mol. The highest BCUT2D eigenvalue weighted by Gasteiger charge is 2.29. The summed E-state index contributed by atoms with van der Waals surface area (Å²) in [4.78, 5) is 14.7. The number of fused-ring (bicyclic) bond motifs is 1. The Morgan fingerprint density at radius 1 is 1.00 bits per heavy atom. The van der Waals surface area contributed by atoms with Gasteiger partial charge in [-0.2, -0.15) is 4.31 Å². The first-order chi connectivity index (χ1) is 14.5. The summed E-state index contributed by atoms with van der Waals surface area (Å²) in [5.74, 6) is 1.10. The first kappa shape index (κ1) is 20.6. The molecule has 30 heavy (non-hydrogen) atoms. The maximum absolute atomic E-state index is 13.2. The number of carbonyl (C=O) groups excluding carboxylic acids is 1. The minimum atomic E-state index is -3.72. The summed E-state index contributed by atoms with van der Waals surface area (Å²) in [6, 6.07) is 11.5. The Kier molecular flexibility index (Phi) is 5.94. The number of hydrogen-bond donors (Lipinski definition) is 0. The van der Waals surface area contributed by atoms with Gasteiger partial charge in [-0.15, -0.1) is 0 Å². The van der Waals surface area contributed by atoms with Gasteiger partial charge in [0.2, 0.25) is 10.0 Å². The van der Waals surface area contributed by atoms with Crippen molar-refractivity contribution in [3.05, 3.63) is 53.6 Å². The highest BCUT2D eigenvalue weighted by Crippen LogP contribution is 2.28. The molecule has 2 aromatic rings. The Labute approximate surface area is 176 Å². The molecule has 2 heterocycles. The van der Waals surface area contributed by atoms with Crippen molar-refractivity contribution in [1.29, 1.82) is 0 Å². The van der Waals surface area contributed by atoms with Crippen molar-refractivity contribution in [2.24, 2.45) is 0 Å². The number of hydrogen-bond acceptors (Lipinski definition) is 6. The zero-order valence-corrected chi connectivity index (χ0v) is 17.6. The summed E-state index contributed by atoms with van der Waals surface area (Å²) in [7, 11) is -2.19. The molecule has 2 aliphatic rings. The van der Waals surface area contributed by atoms with Crippen LogP contribution in [0.2, 0.25) is 0 Å². The van der Waals surface area contributed by atoms with Crippen LogP contribution in [-0.2, 0) is 21.3 Å². The molecule has 2 aliphatic heterocycles. The molecule has 160 valence electrons. The number of sulfonamides is 1. The van der Waals surface area contributed by atoms with Crippen LogP contribution in [0.15, 0.2) is 47.4 Å². The molecule has 0 saturated carbocycles. The first-order valence-corrected chi connectivity index (χ1v) is 11.2. The molecular weight excluding hydrogens is 408 g/mol. The summed E-state index contributed by atoms with van der Waals surface area (Å²) in [5.41, 5.74) is 1.19. The van der Waals surface area contributed by atoms with Crippen LogP contribution in [-0.4, -0.2) is 70.1 Å². The molecule has 0 N–H and O–H groups in total. The lowest BCUT2D eigenvalue weighted by atomic mass is 10.1. The number of methoxy groups -OCH3 is 1. The molecule has 0 atom stereocenters. The number of amides is 1. The largest absolute Gasteiger partial charge is 0.497 e. The second kappa shape index (κ2) is 8.63. The van der Waals surface area contributed by atoms with Gasteiger partial charge in [0.1, 0.15) is 18.1 Å². The van der Waals surface area contributed by atoms with Gasteiger partial charge >= 0.3 is 0 Å². The molecule has 1 amide bonds. The second-order valence-electron chi connectivity index (χ2n) is 7.09. The maximum atomic E-state index is 13.2. The zero-order chi connectivity index (χ0) is 21.1. The minimum Gasteiger partial charge on any atom is -0.497 e. The fourth-order valence-corrected chi connectivity index (χ4v) is 4.96. The number of morpholine rings is 1. The molecule has 1 fully saturated rings. The topological polar surface area (TPSA) is 85.4 Å². The molecule has 0 spiro atoms. The second-order valence-corrected chi connectivity index (χ2v) is 9.03. The minimum absolute atomic E-state index is 0.0880. The van der Waals surface area contributed by atoms with Gasteiger partial charge in [0.05, 0.1) is 25.2 Å². The number of rotatable bonds is 4. The van der Waals surface area contributed by atoms with Crippen molar-refractivity contribution >= 4 is 15.9 Å². The van der Waals surface area contributed by atoms with Crippen LogP contribution in [0.4, 0.5) is 0 Å². The lowest BCUT2D eigenvalue weighted by molar-refractivity contribution is 0.0303. The van der Waals surface area contributed by atoms with Gasteiger partial charge < -0.3 is 19.1 Å². The van der Waals surface area contributed by atoms with E-state index in [2.05, 4.69) is 0 Å². The van der Waals surface area contributed by atoms with Gasteiger partial charge in [-0.1, -0.05) is 0 Å². The van der Waals surface area contributed by atoms with Gasteiger partial charge in [0.15, 0.2) is 0 Å². The van der Waals surface area contributed by atoms with E-state index in [1.165, 1.54) is 23.5 Å². The van der Waals surface area contributed by atoms with E-state index in [9.17, 15) is 13.2 Å². The van der Waals surface area contributed by atoms with Crippen LogP contribution in [0.25, 0.3) is 0 Å². The van der Waals surface area contributed by atoms with E-state index in [0.29, 0.717) is 48.9 Å². The fourth-order valence-electron chi connectivity index (χ4n) is 3.55. The van der Waals surface area contributed by atoms with Crippen LogP contribution in [0.1, 0.15) is 15.9 Å². The summed E-state index contributed by atoms with van der Waals surface area (Å²) in [6.07, 6.45) is 0. The molecule has 1 saturated heterocycles. The Bertz CT molecular complexity index is 1020. The molecule has 9 heteroatoms. The molecule has 8 nitrogen and oxygen atoms in total. The molecular formula is C21H24N2O6S. The fraction of sp³-hybridized carbons (Fsp3) is 0.381. The molecule has 0 aliphatic carbocycles. The lowest BCUT2D eigenvalue weighted by Gasteiger charge is -2.27. The monoisotopic (exact) mass is 432 g/mol. The highest BCUT2D eigenvalue weighted by atomic mass is 32.2. The van der Waals surface area contributed by atoms with E-state index in [1.54, 1.807) is 35.2 Å². The Morgan fingerprint density at radius 3 is 2.43 bits per heavy atom. The van der Waals surface area contributed by atoms with Crippen LogP contribution in [0.3, 0.4) is 0 Å². The van der Waals surface area contributed by atoms with Crippen LogP contribution < -0.4 is 9.47 Å². The summed E-state index contributed by atoms with van der Waals surface area (Å²) in [5, 5.41) is 0. The highest BCUT2D eigenvalue weighted by molar-refractivity contribution is 7.89. The third kappa shape index (κ3) is 4.14. The zero-order valence-electron chi connectivity index (χ0n) is 16.7. The van der Waals surface area contributed by atoms with Crippen molar-refractivity contribution in [1.82, 2.24) is 9.21 Å². The van der Waals surface area contributed by atoms with Gasteiger partial charge in [0, 0.05) is 37.3 Å². The standard InChI is InChI=1S/C21H24N2O6S/c1-27-18-3-5-19(6-4-18)30(25,26)23-10-13-29-20-7-2-16(14-17(20)15-23)21(24)22-8-11-28-12-9-22/h2-7,14H,8-13,15H2,1H3. The predicted molar refractivity (Wildman–Crippen MR) is 109 cm³/mol. The van der Waals surface area contributed by atoms with E-state index in [-0.39, 0.29) is 30.5 Å². The van der Waals surface area contributed by atoms with Gasteiger partial charge in [-0.3, -0.25) is 4.79 Å². The SMILES string of the molecule is COc1ccc(S(=O)(=O)N2CCOc3ccc(C(=O)N4CCOCC4)cc3C2)cc1. The van der Waals surface area contributed by atoms with Crippen LogP contribution in [0.5, 0.6) is 11.5 Å². The third-order valence-electron chi connectivity index (χ3n) is 5.25. The van der Waals surface area contributed by atoms with Crippen molar-refractivity contribution < 1.29 is 27.4 Å². The predicted octanol–water partition coefficient (Wildman–Crippen LogP) is 1.75. The molecule has 4 rings (SSSR count). The van der Waals surface area contributed by atoms with E-state index >= 15 is 0 Å². The van der Waals surface area contributed by atoms with E-state index in [4.69, 9.17) is 14.2 Å². The number of nitrogens with zero attached hydrogens (tertiary/aromatic N) is 2. The van der Waals surface area contributed by atoms with Crippen molar-refractivity contribution in [3.63, 3.8) is 0 Å². The molecule has 0 unspecified atom stereocenters. The molecule has 2 aromatic carbocycles. The van der Waals surface area contributed by atoms with Gasteiger partial charge in [0.25, 0.3) is 5.91 Å². The number of ether oxygens (including phenoxy) is 3. The van der Waals surface area contributed by atoms with Crippen molar-refractivity contribution in [3.8, 4) is 11.5 Å². The van der Waals surface area contributed by atoms with Gasteiger partial charge in [-0.25, -0.2) is 8.42 Å². The Balaban J connectivity index is 1.59. The van der Waals surface area contributed by atoms with Crippen LogP contribution >= 0.6 is 0 Å². The van der Waals surface area contributed by atoms with E-state index < -0.39 is 10.0 Å². The quantitative estimate of drug-likeness (QED) is 0.732. The Hall–Kier alpha value is -2.62. The number of benzene rings is 2. The summed E-state index contributed by atoms with van der Waals surface area (Å²) >= 11 is 0. The van der Waals surface area contributed by atoms with E-state index in [0.717, 1.165) is 0 Å². The first-order valence-electron chi connectivity index (χ1n) is 9.76. The normalized spacial score (nSPS) is 17.6. The van der Waals surface area contributed by atoms with Crippen LogP contribution in [0, 0.1) is 0 Å².